The standard InChI is InChI=1S/C22H26N4O3S2/c1-15-6-5-7-17(12-15)23-21-24-25-22(31-21)30-14-20(27)26(2)11-10-16-8-9-18(28-3)19(13-16)29-4/h5-9,12-13H,10-11,14H2,1-4H3,(H,23,24). The molecule has 0 atom stereocenters. The van der Waals surface area contributed by atoms with E-state index >= 15 is 0 Å². The Hall–Kier alpha value is -2.78. The van der Waals surface area contributed by atoms with Crippen LogP contribution in [0.25, 0.3) is 0 Å². The van der Waals surface area contributed by atoms with Crippen LogP contribution in [0.3, 0.4) is 0 Å². The fourth-order valence-electron chi connectivity index (χ4n) is 2.86. The summed E-state index contributed by atoms with van der Waals surface area (Å²) < 4.78 is 11.4. The Labute approximate surface area is 190 Å². The van der Waals surface area contributed by atoms with Gasteiger partial charge >= 0.3 is 0 Å². The minimum atomic E-state index is 0.0499. The number of methoxy groups -OCH3 is 2. The maximum Gasteiger partial charge on any atom is 0.232 e. The maximum absolute atomic E-state index is 12.5. The molecule has 0 bridgehead atoms. The Morgan fingerprint density at radius 3 is 2.68 bits per heavy atom. The first kappa shape index (κ1) is 22.9. The largest absolute Gasteiger partial charge is 0.493 e. The number of nitrogens with one attached hydrogen (secondary N) is 1. The molecule has 164 valence electrons. The van der Waals surface area contributed by atoms with Crippen LogP contribution in [0.4, 0.5) is 10.8 Å². The third kappa shape index (κ3) is 6.60. The lowest BCUT2D eigenvalue weighted by Crippen LogP contribution is -2.30. The van der Waals surface area contributed by atoms with Gasteiger partial charge in [0.2, 0.25) is 11.0 Å². The number of amides is 1. The Morgan fingerprint density at radius 2 is 1.94 bits per heavy atom. The van der Waals surface area contributed by atoms with Crippen LogP contribution >= 0.6 is 23.1 Å². The highest BCUT2D eigenvalue weighted by Crippen LogP contribution is 2.29. The van der Waals surface area contributed by atoms with Crippen molar-refractivity contribution < 1.29 is 14.3 Å². The summed E-state index contributed by atoms with van der Waals surface area (Å²) in [6, 6.07) is 13.9. The quantitative estimate of drug-likeness (QED) is 0.451. The number of carbonyl (C=O) groups excluding carboxylic acids is 1. The van der Waals surface area contributed by atoms with Crippen LogP contribution in [-0.4, -0.2) is 54.6 Å². The molecule has 1 N–H and O–H groups in total. The number of benzene rings is 2. The average molecular weight is 459 g/mol. The Kier molecular flexibility index (Phi) is 8.13. The summed E-state index contributed by atoms with van der Waals surface area (Å²) in [5, 5.41) is 12.3. The lowest BCUT2D eigenvalue weighted by molar-refractivity contribution is -0.127. The molecule has 0 radical (unpaired) electrons. The summed E-state index contributed by atoms with van der Waals surface area (Å²) in [4.78, 5) is 14.2. The first-order chi connectivity index (χ1) is 15.0. The lowest BCUT2D eigenvalue weighted by Gasteiger charge is -2.17. The van der Waals surface area contributed by atoms with E-state index < -0.39 is 0 Å². The molecule has 1 amide bonds. The Bertz CT molecular complexity index is 1030. The summed E-state index contributed by atoms with van der Waals surface area (Å²) in [5.74, 6) is 1.76. The summed E-state index contributed by atoms with van der Waals surface area (Å²) in [5.41, 5.74) is 3.23. The van der Waals surface area contributed by atoms with Crippen molar-refractivity contribution in [1.29, 1.82) is 0 Å². The van der Waals surface area contributed by atoms with E-state index in [4.69, 9.17) is 9.47 Å². The number of hydrogen-bond donors (Lipinski definition) is 1. The number of rotatable bonds is 10. The van der Waals surface area contributed by atoms with Gasteiger partial charge in [-0.15, -0.1) is 10.2 Å². The number of carbonyl (C=O) groups is 1. The molecule has 3 rings (SSSR count). The topological polar surface area (TPSA) is 76.6 Å². The number of hydrogen-bond acceptors (Lipinski definition) is 8. The summed E-state index contributed by atoms with van der Waals surface area (Å²) in [6.45, 7) is 2.66. The molecule has 0 saturated carbocycles. The predicted molar refractivity (Wildman–Crippen MR) is 126 cm³/mol. The van der Waals surface area contributed by atoms with E-state index in [1.807, 2.05) is 56.4 Å². The van der Waals surface area contributed by atoms with Crippen LogP contribution in [0.5, 0.6) is 11.5 Å². The number of ether oxygens (including phenoxy) is 2. The Morgan fingerprint density at radius 1 is 1.13 bits per heavy atom. The first-order valence-corrected chi connectivity index (χ1v) is 11.5. The van der Waals surface area contributed by atoms with Gasteiger partial charge in [0, 0.05) is 19.3 Å². The van der Waals surface area contributed by atoms with Gasteiger partial charge < -0.3 is 19.7 Å². The first-order valence-electron chi connectivity index (χ1n) is 9.73. The van der Waals surface area contributed by atoms with Crippen molar-refractivity contribution in [2.75, 3.05) is 38.9 Å². The van der Waals surface area contributed by atoms with E-state index in [1.165, 1.54) is 28.7 Å². The molecule has 1 heterocycles. The van der Waals surface area contributed by atoms with Crippen molar-refractivity contribution in [3.8, 4) is 11.5 Å². The molecular weight excluding hydrogens is 432 g/mol. The SMILES string of the molecule is COc1ccc(CCN(C)C(=O)CSc2nnc(Nc3cccc(C)c3)s2)cc1OC. The van der Waals surface area contributed by atoms with Crippen LogP contribution in [-0.2, 0) is 11.2 Å². The van der Waals surface area contributed by atoms with Crippen molar-refractivity contribution in [2.45, 2.75) is 17.7 Å². The van der Waals surface area contributed by atoms with Gasteiger partial charge in [0.25, 0.3) is 0 Å². The molecular formula is C22H26N4O3S2. The molecule has 9 heteroatoms. The second kappa shape index (κ2) is 11.0. The number of nitrogens with zero attached hydrogens (tertiary/aromatic N) is 3. The van der Waals surface area contributed by atoms with Crippen LogP contribution in [0.1, 0.15) is 11.1 Å². The van der Waals surface area contributed by atoms with Gasteiger partial charge in [-0.1, -0.05) is 41.3 Å². The van der Waals surface area contributed by atoms with E-state index in [9.17, 15) is 4.79 Å². The highest BCUT2D eigenvalue weighted by atomic mass is 32.2. The minimum absolute atomic E-state index is 0.0499. The van der Waals surface area contributed by atoms with E-state index in [1.54, 1.807) is 19.1 Å². The Balaban J connectivity index is 1.46. The molecule has 0 aliphatic rings. The fourth-order valence-corrected chi connectivity index (χ4v) is 4.57. The van der Waals surface area contributed by atoms with Gasteiger partial charge in [-0.3, -0.25) is 4.79 Å². The fraction of sp³-hybridized carbons (Fsp3) is 0.318. The van der Waals surface area contributed by atoms with Gasteiger partial charge in [0.15, 0.2) is 15.8 Å². The predicted octanol–water partition coefficient (Wildman–Crippen LogP) is 4.40. The molecule has 0 unspecified atom stereocenters. The average Bonchev–Trinajstić information content (AvgIpc) is 3.22. The summed E-state index contributed by atoms with van der Waals surface area (Å²) in [6.07, 6.45) is 0.733. The summed E-state index contributed by atoms with van der Waals surface area (Å²) >= 11 is 2.84. The van der Waals surface area contributed by atoms with Crippen molar-refractivity contribution in [3.63, 3.8) is 0 Å². The molecule has 0 aliphatic carbocycles. The molecule has 7 nitrogen and oxygen atoms in total. The van der Waals surface area contributed by atoms with Crippen molar-refractivity contribution in [1.82, 2.24) is 15.1 Å². The molecule has 31 heavy (non-hydrogen) atoms. The van der Waals surface area contributed by atoms with Crippen LogP contribution in [0.2, 0.25) is 0 Å². The van der Waals surface area contributed by atoms with Crippen LogP contribution in [0, 0.1) is 6.92 Å². The molecule has 0 saturated heterocycles. The second-order valence-electron chi connectivity index (χ2n) is 6.91. The van der Waals surface area contributed by atoms with E-state index in [0.29, 0.717) is 28.9 Å². The molecule has 2 aromatic carbocycles. The number of aryl methyl sites for hydroxylation is 1. The maximum atomic E-state index is 12.5. The zero-order chi connectivity index (χ0) is 22.2. The summed E-state index contributed by atoms with van der Waals surface area (Å²) in [7, 11) is 5.04. The van der Waals surface area contributed by atoms with Gasteiger partial charge in [-0.25, -0.2) is 0 Å². The molecule has 1 aromatic heterocycles. The lowest BCUT2D eigenvalue weighted by atomic mass is 10.1. The van der Waals surface area contributed by atoms with Crippen LogP contribution < -0.4 is 14.8 Å². The minimum Gasteiger partial charge on any atom is -0.493 e. The van der Waals surface area contributed by atoms with E-state index in [2.05, 4.69) is 15.5 Å². The van der Waals surface area contributed by atoms with Crippen molar-refractivity contribution in [2.24, 2.45) is 0 Å². The molecule has 0 fully saturated rings. The van der Waals surface area contributed by atoms with Crippen molar-refractivity contribution in [3.05, 3.63) is 53.6 Å². The third-order valence-corrected chi connectivity index (χ3v) is 6.56. The van der Waals surface area contributed by atoms with E-state index in [-0.39, 0.29) is 5.91 Å². The number of thioether (sulfide) groups is 1. The number of likely N-dealkylation sites (N-methyl/N-ethyl adjacent to an activating group) is 1. The molecule has 3 aromatic rings. The van der Waals surface area contributed by atoms with Crippen molar-refractivity contribution >= 4 is 39.8 Å². The normalized spacial score (nSPS) is 10.6. The zero-order valence-corrected chi connectivity index (χ0v) is 19.7. The zero-order valence-electron chi connectivity index (χ0n) is 18.0. The van der Waals surface area contributed by atoms with Gasteiger partial charge in [-0.05, 0) is 48.7 Å². The van der Waals surface area contributed by atoms with E-state index in [0.717, 1.165) is 22.0 Å². The third-order valence-electron chi connectivity index (χ3n) is 4.60. The van der Waals surface area contributed by atoms with Crippen LogP contribution in [0.15, 0.2) is 46.8 Å². The number of aromatic nitrogens is 2. The van der Waals surface area contributed by atoms with Gasteiger partial charge in [0.05, 0.1) is 20.0 Å². The molecule has 0 spiro atoms. The van der Waals surface area contributed by atoms with Gasteiger partial charge in [-0.2, -0.15) is 0 Å². The highest BCUT2D eigenvalue weighted by Gasteiger charge is 2.13. The monoisotopic (exact) mass is 458 g/mol. The molecule has 0 aliphatic heterocycles. The second-order valence-corrected chi connectivity index (χ2v) is 9.11. The smallest absolute Gasteiger partial charge is 0.232 e. The van der Waals surface area contributed by atoms with Gasteiger partial charge in [0.1, 0.15) is 0 Å². The highest BCUT2D eigenvalue weighted by molar-refractivity contribution is 8.01. The number of anilines is 2.